The fourth-order valence-corrected chi connectivity index (χ4v) is 3.07. The number of hydrogen-bond acceptors (Lipinski definition) is 2. The Morgan fingerprint density at radius 2 is 1.86 bits per heavy atom. The Labute approximate surface area is 125 Å². The summed E-state index contributed by atoms with van der Waals surface area (Å²) in [6.45, 7) is 6.92. The Kier molecular flexibility index (Phi) is 3.27. The van der Waals surface area contributed by atoms with Crippen LogP contribution in [0, 0.1) is 11.3 Å². The average molecular weight is 286 g/mol. The normalized spacial score (nSPS) is 31.0. The predicted molar refractivity (Wildman–Crippen MR) is 80.4 cm³/mol. The number of piperazine rings is 1. The van der Waals surface area contributed by atoms with E-state index in [0.717, 1.165) is 12.0 Å². The van der Waals surface area contributed by atoms with Gasteiger partial charge in [-0.15, -0.1) is 0 Å². The molecule has 3 atom stereocenters. The lowest BCUT2D eigenvalue weighted by Crippen LogP contribution is -2.59. The molecule has 1 aromatic rings. The van der Waals surface area contributed by atoms with Gasteiger partial charge in [0.05, 0.1) is 0 Å². The van der Waals surface area contributed by atoms with Crippen molar-refractivity contribution in [1.82, 2.24) is 10.2 Å². The van der Waals surface area contributed by atoms with Crippen molar-refractivity contribution in [2.45, 2.75) is 39.3 Å². The smallest absolute Gasteiger partial charge is 0.250 e. The van der Waals surface area contributed by atoms with Gasteiger partial charge in [0, 0.05) is 6.54 Å². The number of hydrogen-bond donors (Lipinski definition) is 1. The maximum absolute atomic E-state index is 12.8. The van der Waals surface area contributed by atoms with Crippen molar-refractivity contribution in [2.24, 2.45) is 11.3 Å². The van der Waals surface area contributed by atoms with Gasteiger partial charge in [-0.3, -0.25) is 9.59 Å². The van der Waals surface area contributed by atoms with Crippen LogP contribution < -0.4 is 5.32 Å². The Bertz CT molecular complexity index is 567. The first-order chi connectivity index (χ1) is 9.90. The van der Waals surface area contributed by atoms with Crippen molar-refractivity contribution in [3.05, 3.63) is 35.9 Å². The van der Waals surface area contributed by atoms with Crippen LogP contribution in [0.3, 0.4) is 0 Å². The molecule has 3 rings (SSSR count). The van der Waals surface area contributed by atoms with Crippen molar-refractivity contribution in [1.29, 1.82) is 0 Å². The van der Waals surface area contributed by atoms with Crippen LogP contribution in [-0.4, -0.2) is 29.3 Å². The highest BCUT2D eigenvalue weighted by molar-refractivity contribution is 5.97. The number of nitrogens with one attached hydrogen (secondary N) is 1. The molecule has 0 bridgehead atoms. The molecule has 4 heteroatoms. The second-order valence-corrected chi connectivity index (χ2v) is 6.91. The molecule has 21 heavy (non-hydrogen) atoms. The molecule has 0 spiro atoms. The Morgan fingerprint density at radius 3 is 2.43 bits per heavy atom. The second-order valence-electron chi connectivity index (χ2n) is 6.91. The molecule has 0 aromatic heterocycles. The molecule has 1 aliphatic carbocycles. The van der Waals surface area contributed by atoms with Crippen molar-refractivity contribution < 1.29 is 9.59 Å². The van der Waals surface area contributed by atoms with E-state index < -0.39 is 6.04 Å². The summed E-state index contributed by atoms with van der Waals surface area (Å²) in [5.41, 5.74) is 1.15. The van der Waals surface area contributed by atoms with Gasteiger partial charge < -0.3 is 10.2 Å². The third-order valence-corrected chi connectivity index (χ3v) is 4.93. The van der Waals surface area contributed by atoms with E-state index in [9.17, 15) is 9.59 Å². The molecular weight excluding hydrogens is 264 g/mol. The zero-order valence-corrected chi connectivity index (χ0v) is 12.8. The molecule has 1 saturated heterocycles. The lowest BCUT2D eigenvalue weighted by atomic mass is 10.00. The van der Waals surface area contributed by atoms with E-state index in [1.807, 2.05) is 37.3 Å². The number of amides is 2. The molecule has 2 fully saturated rings. The quantitative estimate of drug-likeness (QED) is 0.925. The van der Waals surface area contributed by atoms with E-state index in [4.69, 9.17) is 0 Å². The lowest BCUT2D eigenvalue weighted by Gasteiger charge is -2.38. The first-order valence-corrected chi connectivity index (χ1v) is 7.56. The standard InChI is InChI=1S/C17H22N2O2/c1-11-15(20)18-14(12-7-5-4-6-8-12)16(21)19(11)10-13-9-17(13,2)3/h4-8,11,13-14H,9-10H2,1-3H3,(H,18,20). The first kappa shape index (κ1) is 14.1. The molecule has 4 nitrogen and oxygen atoms in total. The van der Waals surface area contributed by atoms with Gasteiger partial charge in [0.2, 0.25) is 11.8 Å². The number of benzene rings is 1. The topological polar surface area (TPSA) is 49.4 Å². The van der Waals surface area contributed by atoms with Gasteiger partial charge >= 0.3 is 0 Å². The van der Waals surface area contributed by atoms with E-state index >= 15 is 0 Å². The highest BCUT2D eigenvalue weighted by atomic mass is 16.2. The molecule has 2 aliphatic rings. The Balaban J connectivity index is 1.82. The number of rotatable bonds is 3. The maximum Gasteiger partial charge on any atom is 0.250 e. The average Bonchev–Trinajstić information content (AvgIpc) is 3.07. The van der Waals surface area contributed by atoms with E-state index in [-0.39, 0.29) is 17.9 Å². The molecule has 1 saturated carbocycles. The number of carbonyl (C=O) groups excluding carboxylic acids is 2. The lowest BCUT2D eigenvalue weighted by molar-refractivity contribution is -0.149. The summed E-state index contributed by atoms with van der Waals surface area (Å²) in [4.78, 5) is 26.7. The van der Waals surface area contributed by atoms with Crippen molar-refractivity contribution in [3.63, 3.8) is 0 Å². The summed E-state index contributed by atoms with van der Waals surface area (Å²) in [6.07, 6.45) is 1.13. The number of nitrogens with zero attached hydrogens (tertiary/aromatic N) is 1. The van der Waals surface area contributed by atoms with Gasteiger partial charge in [-0.05, 0) is 30.2 Å². The summed E-state index contributed by atoms with van der Waals surface area (Å²) >= 11 is 0. The summed E-state index contributed by atoms with van der Waals surface area (Å²) < 4.78 is 0. The zero-order valence-electron chi connectivity index (χ0n) is 12.8. The molecule has 1 heterocycles. The summed E-state index contributed by atoms with van der Waals surface area (Å²) in [7, 11) is 0. The van der Waals surface area contributed by atoms with Crippen LogP contribution in [0.5, 0.6) is 0 Å². The van der Waals surface area contributed by atoms with E-state index in [1.165, 1.54) is 0 Å². The molecule has 1 aromatic carbocycles. The van der Waals surface area contributed by atoms with Crippen LogP contribution in [0.2, 0.25) is 0 Å². The Morgan fingerprint density at radius 1 is 1.24 bits per heavy atom. The Hall–Kier alpha value is -1.84. The van der Waals surface area contributed by atoms with Crippen LogP contribution in [0.15, 0.2) is 30.3 Å². The van der Waals surface area contributed by atoms with Gasteiger partial charge in [-0.2, -0.15) is 0 Å². The molecule has 112 valence electrons. The van der Waals surface area contributed by atoms with E-state index in [2.05, 4.69) is 19.2 Å². The SMILES string of the molecule is CC1C(=O)NC(c2ccccc2)C(=O)N1CC1CC1(C)C. The van der Waals surface area contributed by atoms with Gasteiger partial charge in [0.15, 0.2) is 0 Å². The fraction of sp³-hybridized carbons (Fsp3) is 0.529. The van der Waals surface area contributed by atoms with Crippen molar-refractivity contribution in [3.8, 4) is 0 Å². The zero-order chi connectivity index (χ0) is 15.2. The van der Waals surface area contributed by atoms with E-state index in [0.29, 0.717) is 17.9 Å². The van der Waals surface area contributed by atoms with Crippen LogP contribution in [0.1, 0.15) is 38.8 Å². The monoisotopic (exact) mass is 286 g/mol. The maximum atomic E-state index is 12.8. The minimum atomic E-state index is -0.545. The summed E-state index contributed by atoms with van der Waals surface area (Å²) in [5.74, 6) is 0.448. The van der Waals surface area contributed by atoms with Gasteiger partial charge in [0.25, 0.3) is 0 Å². The fourth-order valence-electron chi connectivity index (χ4n) is 3.07. The van der Waals surface area contributed by atoms with E-state index in [1.54, 1.807) is 4.90 Å². The second kappa shape index (κ2) is 4.86. The molecule has 3 unspecified atom stereocenters. The number of carbonyl (C=O) groups is 2. The molecular formula is C17H22N2O2. The molecule has 1 N–H and O–H groups in total. The van der Waals surface area contributed by atoms with Crippen LogP contribution in [-0.2, 0) is 9.59 Å². The third-order valence-electron chi connectivity index (χ3n) is 4.93. The molecule has 2 amide bonds. The van der Waals surface area contributed by atoms with Gasteiger partial charge in [-0.1, -0.05) is 44.2 Å². The molecule has 1 aliphatic heterocycles. The third kappa shape index (κ3) is 2.55. The highest BCUT2D eigenvalue weighted by Crippen LogP contribution is 2.52. The van der Waals surface area contributed by atoms with Crippen molar-refractivity contribution >= 4 is 11.8 Å². The summed E-state index contributed by atoms with van der Waals surface area (Å²) in [5, 5.41) is 2.85. The summed E-state index contributed by atoms with van der Waals surface area (Å²) in [6, 6.07) is 8.54. The predicted octanol–water partition coefficient (Wildman–Crippen LogP) is 2.12. The van der Waals surface area contributed by atoms with Crippen LogP contribution >= 0.6 is 0 Å². The minimum absolute atomic E-state index is 0.0102. The van der Waals surface area contributed by atoms with Crippen LogP contribution in [0.4, 0.5) is 0 Å². The highest BCUT2D eigenvalue weighted by Gasteiger charge is 2.49. The van der Waals surface area contributed by atoms with Crippen molar-refractivity contribution in [2.75, 3.05) is 6.54 Å². The minimum Gasteiger partial charge on any atom is -0.339 e. The van der Waals surface area contributed by atoms with Gasteiger partial charge in [0.1, 0.15) is 12.1 Å². The molecule has 0 radical (unpaired) electrons. The van der Waals surface area contributed by atoms with Crippen LogP contribution in [0.25, 0.3) is 0 Å². The van der Waals surface area contributed by atoms with Gasteiger partial charge in [-0.25, -0.2) is 0 Å². The largest absolute Gasteiger partial charge is 0.339 e. The first-order valence-electron chi connectivity index (χ1n) is 7.56.